The lowest BCUT2D eigenvalue weighted by Crippen LogP contribution is -2.40. The molecule has 0 bridgehead atoms. The zero-order valence-electron chi connectivity index (χ0n) is 15.3. The summed E-state index contributed by atoms with van der Waals surface area (Å²) in [5, 5.41) is 11.5. The van der Waals surface area contributed by atoms with Gasteiger partial charge in [0.25, 0.3) is 0 Å². The third kappa shape index (κ3) is 3.94. The van der Waals surface area contributed by atoms with Gasteiger partial charge in [-0.3, -0.25) is 4.79 Å². The third-order valence-electron chi connectivity index (χ3n) is 4.76. The minimum absolute atomic E-state index is 0.116. The van der Waals surface area contributed by atoms with Crippen molar-refractivity contribution in [1.29, 1.82) is 5.26 Å². The Kier molecular flexibility index (Phi) is 5.59. The molecule has 1 aliphatic carbocycles. The van der Waals surface area contributed by atoms with Crippen LogP contribution in [-0.2, 0) is 14.3 Å². The zero-order valence-corrected chi connectivity index (χ0v) is 15.3. The van der Waals surface area contributed by atoms with Crippen LogP contribution in [-0.4, -0.2) is 24.5 Å². The summed E-state index contributed by atoms with van der Waals surface area (Å²) in [4.78, 5) is 25.3. The molecule has 3 rings (SSSR count). The number of ether oxygens (including phenoxy) is 1. The SMILES string of the molecule is C=CCOC(=O)C1=C(C(F)(F)F)NC2=C(C(=O)CCC2)C1c1cccc(C#N)c1. The van der Waals surface area contributed by atoms with Crippen molar-refractivity contribution in [3.63, 3.8) is 0 Å². The van der Waals surface area contributed by atoms with Crippen LogP contribution in [0.4, 0.5) is 13.2 Å². The first-order chi connectivity index (χ1) is 13.8. The first-order valence-corrected chi connectivity index (χ1v) is 8.90. The maximum Gasteiger partial charge on any atom is 0.431 e. The molecule has 0 fully saturated rings. The van der Waals surface area contributed by atoms with Gasteiger partial charge in [0, 0.05) is 23.6 Å². The summed E-state index contributed by atoms with van der Waals surface area (Å²) in [6, 6.07) is 7.81. The van der Waals surface area contributed by atoms with E-state index in [4.69, 9.17) is 4.74 Å². The third-order valence-corrected chi connectivity index (χ3v) is 4.76. The average Bonchev–Trinajstić information content (AvgIpc) is 2.70. The van der Waals surface area contributed by atoms with Gasteiger partial charge in [0.05, 0.1) is 17.2 Å². The number of esters is 1. The van der Waals surface area contributed by atoms with Crippen LogP contribution in [0.3, 0.4) is 0 Å². The van der Waals surface area contributed by atoms with Gasteiger partial charge in [-0.15, -0.1) is 0 Å². The number of carbonyl (C=O) groups is 2. The fourth-order valence-corrected chi connectivity index (χ4v) is 3.61. The molecule has 2 aliphatic rings. The summed E-state index contributed by atoms with van der Waals surface area (Å²) in [5.74, 6) is -2.80. The number of benzene rings is 1. The normalized spacial score (nSPS) is 19.2. The van der Waals surface area contributed by atoms with E-state index in [1.165, 1.54) is 30.3 Å². The predicted molar refractivity (Wildman–Crippen MR) is 97.2 cm³/mol. The van der Waals surface area contributed by atoms with Crippen LogP contribution in [0.5, 0.6) is 0 Å². The standard InChI is InChI=1S/C21H17F3N2O3/c1-2-9-29-20(28)18-16(13-6-3-5-12(10-13)11-25)17-14(7-4-8-15(17)27)26-19(18)21(22,23)24/h2-3,5-6,10,16,26H,1,4,7-9H2. The van der Waals surface area contributed by atoms with E-state index >= 15 is 0 Å². The largest absolute Gasteiger partial charge is 0.458 e. The minimum Gasteiger partial charge on any atom is -0.458 e. The highest BCUT2D eigenvalue weighted by atomic mass is 19.4. The smallest absolute Gasteiger partial charge is 0.431 e. The maximum absolute atomic E-state index is 13.9. The molecule has 0 saturated heterocycles. The van der Waals surface area contributed by atoms with E-state index in [1.54, 1.807) is 0 Å². The molecular weight excluding hydrogens is 385 g/mol. The van der Waals surface area contributed by atoms with Crippen molar-refractivity contribution in [3.8, 4) is 6.07 Å². The van der Waals surface area contributed by atoms with Crippen LogP contribution in [0.1, 0.15) is 36.3 Å². The number of hydrogen-bond acceptors (Lipinski definition) is 5. The monoisotopic (exact) mass is 402 g/mol. The summed E-state index contributed by atoms with van der Waals surface area (Å²) < 4.78 is 46.5. The molecule has 8 heteroatoms. The molecule has 150 valence electrons. The lowest BCUT2D eigenvalue weighted by atomic mass is 9.75. The van der Waals surface area contributed by atoms with E-state index < -0.39 is 29.3 Å². The van der Waals surface area contributed by atoms with Gasteiger partial charge in [0.2, 0.25) is 0 Å². The fourth-order valence-electron chi connectivity index (χ4n) is 3.61. The van der Waals surface area contributed by atoms with Crippen LogP contribution in [0, 0.1) is 11.3 Å². The van der Waals surface area contributed by atoms with E-state index in [-0.39, 0.29) is 47.6 Å². The van der Waals surface area contributed by atoms with Crippen LogP contribution < -0.4 is 5.32 Å². The summed E-state index contributed by atoms with van der Waals surface area (Å²) in [7, 11) is 0. The first-order valence-electron chi connectivity index (χ1n) is 8.90. The number of carbonyl (C=O) groups excluding carboxylic acids is 2. The second-order valence-electron chi connectivity index (χ2n) is 6.64. The molecule has 0 saturated carbocycles. The van der Waals surface area contributed by atoms with Crippen LogP contribution in [0.15, 0.2) is 59.5 Å². The maximum atomic E-state index is 13.9. The van der Waals surface area contributed by atoms with Crippen molar-refractivity contribution in [2.24, 2.45) is 0 Å². The van der Waals surface area contributed by atoms with Gasteiger partial charge in [-0.25, -0.2) is 4.79 Å². The summed E-state index contributed by atoms with van der Waals surface area (Å²) in [6.07, 6.45) is -2.79. The Hall–Kier alpha value is -3.34. The van der Waals surface area contributed by atoms with Crippen molar-refractivity contribution >= 4 is 11.8 Å². The van der Waals surface area contributed by atoms with Gasteiger partial charge < -0.3 is 10.1 Å². The van der Waals surface area contributed by atoms with Crippen molar-refractivity contribution in [2.45, 2.75) is 31.4 Å². The van der Waals surface area contributed by atoms with Gasteiger partial charge in [-0.2, -0.15) is 18.4 Å². The molecule has 0 spiro atoms. The number of nitrogens with one attached hydrogen (secondary N) is 1. The molecule has 1 heterocycles. The van der Waals surface area contributed by atoms with E-state index in [9.17, 15) is 28.0 Å². The van der Waals surface area contributed by atoms with Crippen molar-refractivity contribution in [3.05, 3.63) is 70.6 Å². The topological polar surface area (TPSA) is 79.2 Å². The number of rotatable bonds is 4. The van der Waals surface area contributed by atoms with E-state index in [2.05, 4.69) is 11.9 Å². The second kappa shape index (κ2) is 7.95. The lowest BCUT2D eigenvalue weighted by molar-refractivity contribution is -0.140. The van der Waals surface area contributed by atoms with Gasteiger partial charge in [-0.1, -0.05) is 24.8 Å². The molecule has 5 nitrogen and oxygen atoms in total. The Bertz CT molecular complexity index is 984. The minimum atomic E-state index is -4.87. The molecule has 29 heavy (non-hydrogen) atoms. The number of nitrogens with zero attached hydrogens (tertiary/aromatic N) is 1. The number of alkyl halides is 3. The first kappa shape index (κ1) is 20.4. The van der Waals surface area contributed by atoms with Crippen molar-refractivity contribution < 1.29 is 27.5 Å². The lowest BCUT2D eigenvalue weighted by Gasteiger charge is -2.35. The quantitative estimate of drug-likeness (QED) is 0.612. The highest BCUT2D eigenvalue weighted by Gasteiger charge is 2.48. The Morgan fingerprint density at radius 1 is 1.38 bits per heavy atom. The van der Waals surface area contributed by atoms with Crippen LogP contribution in [0.25, 0.3) is 0 Å². The van der Waals surface area contributed by atoms with Gasteiger partial charge in [0.1, 0.15) is 12.3 Å². The Morgan fingerprint density at radius 3 is 2.79 bits per heavy atom. The molecule has 1 atom stereocenters. The Balaban J connectivity index is 2.27. The molecule has 1 unspecified atom stereocenters. The number of halogens is 3. The number of ketones is 1. The number of hydrogen-bond donors (Lipinski definition) is 1. The van der Waals surface area contributed by atoms with Crippen LogP contribution in [0.2, 0.25) is 0 Å². The molecule has 0 amide bonds. The van der Waals surface area contributed by atoms with E-state index in [1.807, 2.05) is 6.07 Å². The van der Waals surface area contributed by atoms with Crippen LogP contribution >= 0.6 is 0 Å². The number of nitriles is 1. The fraction of sp³-hybridized carbons (Fsp3) is 0.286. The van der Waals surface area contributed by atoms with Crippen molar-refractivity contribution in [2.75, 3.05) is 6.61 Å². The Morgan fingerprint density at radius 2 is 2.14 bits per heavy atom. The summed E-state index contributed by atoms with van der Waals surface area (Å²) in [5.41, 5.74) is -1.21. The number of dihydropyridines is 1. The zero-order chi connectivity index (χ0) is 21.2. The highest BCUT2D eigenvalue weighted by molar-refractivity contribution is 6.04. The molecule has 1 aliphatic heterocycles. The van der Waals surface area contributed by atoms with E-state index in [0.29, 0.717) is 6.42 Å². The number of allylic oxidation sites excluding steroid dienone is 3. The molecule has 0 aromatic heterocycles. The molecule has 0 radical (unpaired) electrons. The summed E-state index contributed by atoms with van der Waals surface area (Å²) in [6.45, 7) is 3.11. The highest BCUT2D eigenvalue weighted by Crippen LogP contribution is 2.45. The molecule has 1 aromatic rings. The Labute approximate surface area is 165 Å². The predicted octanol–water partition coefficient (Wildman–Crippen LogP) is 3.80. The molecular formula is C21H17F3N2O3. The molecule has 1 aromatic carbocycles. The van der Waals surface area contributed by atoms with Gasteiger partial charge in [-0.05, 0) is 30.5 Å². The molecule has 1 N–H and O–H groups in total. The van der Waals surface area contributed by atoms with E-state index in [0.717, 1.165) is 0 Å². The second-order valence-corrected chi connectivity index (χ2v) is 6.64. The summed E-state index contributed by atoms with van der Waals surface area (Å²) >= 11 is 0. The van der Waals surface area contributed by atoms with Gasteiger partial charge >= 0.3 is 12.1 Å². The van der Waals surface area contributed by atoms with Crippen molar-refractivity contribution in [1.82, 2.24) is 5.32 Å². The van der Waals surface area contributed by atoms with Gasteiger partial charge in [0.15, 0.2) is 5.78 Å². The number of Topliss-reactive ketones (excluding diaryl/α,β-unsaturated/α-hetero) is 1. The average molecular weight is 402 g/mol.